The highest BCUT2D eigenvalue weighted by molar-refractivity contribution is 5.68. The second kappa shape index (κ2) is 10.3. The summed E-state index contributed by atoms with van der Waals surface area (Å²) in [5, 5.41) is 23.1. The van der Waals surface area contributed by atoms with Crippen molar-refractivity contribution in [2.45, 2.75) is 51.3 Å². The van der Waals surface area contributed by atoms with Crippen LogP contribution in [0.3, 0.4) is 0 Å². The molecule has 2 aromatic rings. The fraction of sp³-hybridized carbons (Fsp3) is 0.500. The summed E-state index contributed by atoms with van der Waals surface area (Å²) in [4.78, 5) is 20.7. The van der Waals surface area contributed by atoms with Gasteiger partial charge >= 0.3 is 12.3 Å². The summed E-state index contributed by atoms with van der Waals surface area (Å²) in [7, 11) is 0. The lowest BCUT2D eigenvalue weighted by atomic mass is 10.00. The van der Waals surface area contributed by atoms with Crippen LogP contribution in [0.2, 0.25) is 0 Å². The van der Waals surface area contributed by atoms with Gasteiger partial charge in [0.15, 0.2) is 5.69 Å². The van der Waals surface area contributed by atoms with Gasteiger partial charge in [-0.05, 0) is 23.5 Å². The molecule has 1 aliphatic rings. The van der Waals surface area contributed by atoms with Crippen molar-refractivity contribution in [2.24, 2.45) is 5.92 Å². The number of hydrogen-bond acceptors (Lipinski definition) is 7. The van der Waals surface area contributed by atoms with Crippen LogP contribution in [0.5, 0.6) is 0 Å². The van der Waals surface area contributed by atoms with Crippen molar-refractivity contribution in [3.05, 3.63) is 53.5 Å². The largest absolute Gasteiger partial charge is 0.445 e. The number of rotatable bonds is 6. The number of hydrogen-bond donors (Lipinski definition) is 3. The molecule has 1 aromatic heterocycles. The summed E-state index contributed by atoms with van der Waals surface area (Å²) in [6.45, 7) is 3.95. The van der Waals surface area contributed by atoms with Crippen LogP contribution < -0.4 is 5.32 Å². The highest BCUT2D eigenvalue weighted by Gasteiger charge is 2.38. The van der Waals surface area contributed by atoms with Gasteiger partial charge in [-0.1, -0.05) is 38.1 Å². The van der Waals surface area contributed by atoms with Gasteiger partial charge in [0.25, 0.3) is 0 Å². The van der Waals surface area contributed by atoms with E-state index in [0.29, 0.717) is 12.1 Å². The number of benzene rings is 1. The van der Waals surface area contributed by atoms with Gasteiger partial charge in [0.05, 0.1) is 31.1 Å². The number of aromatic nitrogens is 2. The lowest BCUT2D eigenvalue weighted by Gasteiger charge is -2.39. The van der Waals surface area contributed by atoms with Crippen molar-refractivity contribution in [1.29, 1.82) is 0 Å². The third-order valence-electron chi connectivity index (χ3n) is 5.15. The minimum absolute atomic E-state index is 0.0249. The highest BCUT2D eigenvalue weighted by Crippen LogP contribution is 2.28. The Morgan fingerprint density at radius 2 is 1.97 bits per heavy atom. The van der Waals surface area contributed by atoms with Crippen LogP contribution in [0.1, 0.15) is 30.7 Å². The fourth-order valence-corrected chi connectivity index (χ4v) is 3.62. The standard InChI is InChI=1S/C22H27F3N4O4/c1-13(2)6-14-4-3-5-15(7-14)12-33-21(32)29-10-16(20(31)17(30)11-29)27-19-9-26-8-18(28-19)22(23,24)25/h3-5,7-9,13,16-17,20,30-31H,6,10-12H2,1-2H3,(H,27,28)/t16-,17-,20+/m0/s1. The number of nitrogens with zero attached hydrogens (tertiary/aromatic N) is 3. The molecule has 3 atom stereocenters. The topological polar surface area (TPSA) is 108 Å². The minimum Gasteiger partial charge on any atom is -0.445 e. The molecule has 0 spiro atoms. The number of carbonyl (C=O) groups is 1. The van der Waals surface area contributed by atoms with Crippen molar-refractivity contribution < 1.29 is 32.9 Å². The molecule has 1 aromatic carbocycles. The van der Waals surface area contributed by atoms with Crippen LogP contribution in [0, 0.1) is 5.92 Å². The maximum Gasteiger partial charge on any atom is 0.434 e. The first-order valence-corrected chi connectivity index (χ1v) is 10.5. The molecule has 1 aliphatic heterocycles. The van der Waals surface area contributed by atoms with E-state index < -0.39 is 36.2 Å². The van der Waals surface area contributed by atoms with E-state index in [9.17, 15) is 28.2 Å². The van der Waals surface area contributed by atoms with Crippen LogP contribution in [-0.2, 0) is 23.9 Å². The monoisotopic (exact) mass is 468 g/mol. The molecule has 2 heterocycles. The van der Waals surface area contributed by atoms with Crippen molar-refractivity contribution >= 4 is 11.9 Å². The maximum absolute atomic E-state index is 12.9. The number of alkyl halides is 3. The van der Waals surface area contributed by atoms with Gasteiger partial charge in [0, 0.05) is 6.54 Å². The average Bonchev–Trinajstić information content (AvgIpc) is 2.74. The molecule has 1 fully saturated rings. The van der Waals surface area contributed by atoms with Crippen LogP contribution >= 0.6 is 0 Å². The smallest absolute Gasteiger partial charge is 0.434 e. The molecule has 11 heteroatoms. The van der Waals surface area contributed by atoms with E-state index in [1.165, 1.54) is 4.90 Å². The molecule has 3 N–H and O–H groups in total. The number of aliphatic hydroxyl groups is 2. The summed E-state index contributed by atoms with van der Waals surface area (Å²) in [5.74, 6) is 0.244. The third-order valence-corrected chi connectivity index (χ3v) is 5.15. The lowest BCUT2D eigenvalue weighted by Crippen LogP contribution is -2.59. The summed E-state index contributed by atoms with van der Waals surface area (Å²) < 4.78 is 44.0. The molecule has 0 saturated carbocycles. The normalized spacial score (nSPS) is 21.2. The van der Waals surface area contributed by atoms with Crippen LogP contribution in [0.4, 0.5) is 23.8 Å². The van der Waals surface area contributed by atoms with Gasteiger partial charge in [-0.25, -0.2) is 9.78 Å². The Morgan fingerprint density at radius 3 is 2.67 bits per heavy atom. The molecule has 1 amide bonds. The minimum atomic E-state index is -4.68. The lowest BCUT2D eigenvalue weighted by molar-refractivity contribution is -0.141. The Bertz CT molecular complexity index is 957. The summed E-state index contributed by atoms with van der Waals surface area (Å²) in [5.41, 5.74) is 0.740. The number of aliphatic hydroxyl groups excluding tert-OH is 2. The second-order valence-electron chi connectivity index (χ2n) is 8.47. The number of likely N-dealkylation sites (tertiary alicyclic amines) is 1. The zero-order valence-electron chi connectivity index (χ0n) is 18.3. The quantitative estimate of drug-likeness (QED) is 0.598. The van der Waals surface area contributed by atoms with Gasteiger partial charge in [-0.15, -0.1) is 0 Å². The third kappa shape index (κ3) is 6.78. The Morgan fingerprint density at radius 1 is 1.24 bits per heavy atom. The Hall–Kier alpha value is -2.92. The van der Waals surface area contributed by atoms with E-state index in [-0.39, 0.29) is 25.5 Å². The molecular formula is C22H27F3N4O4. The molecular weight excluding hydrogens is 441 g/mol. The van der Waals surface area contributed by atoms with E-state index in [1.807, 2.05) is 24.3 Å². The van der Waals surface area contributed by atoms with Gasteiger partial charge in [-0.2, -0.15) is 13.2 Å². The van der Waals surface area contributed by atoms with Gasteiger partial charge in [0.2, 0.25) is 0 Å². The van der Waals surface area contributed by atoms with Crippen LogP contribution in [0.15, 0.2) is 36.7 Å². The zero-order chi connectivity index (χ0) is 24.2. The Balaban J connectivity index is 1.63. The van der Waals surface area contributed by atoms with E-state index >= 15 is 0 Å². The Labute approximate surface area is 189 Å². The summed E-state index contributed by atoms with van der Waals surface area (Å²) >= 11 is 0. The predicted octanol–water partition coefficient (Wildman–Crippen LogP) is 2.85. The molecule has 0 unspecified atom stereocenters. The first-order chi connectivity index (χ1) is 15.5. The van der Waals surface area contributed by atoms with E-state index in [1.54, 1.807) is 0 Å². The molecule has 0 radical (unpaired) electrons. The first-order valence-electron chi connectivity index (χ1n) is 10.5. The molecule has 3 rings (SSSR count). The number of nitrogens with one attached hydrogen (secondary N) is 1. The van der Waals surface area contributed by atoms with Crippen molar-refractivity contribution in [2.75, 3.05) is 18.4 Å². The second-order valence-corrected chi connectivity index (χ2v) is 8.47. The number of ether oxygens (including phenoxy) is 1. The van der Waals surface area contributed by atoms with Crippen LogP contribution in [-0.4, -0.2) is 62.5 Å². The highest BCUT2D eigenvalue weighted by atomic mass is 19.4. The van der Waals surface area contributed by atoms with Gasteiger partial charge in [-0.3, -0.25) is 4.98 Å². The molecule has 0 bridgehead atoms. The summed E-state index contributed by atoms with van der Waals surface area (Å²) in [6, 6.07) is 6.70. The SMILES string of the molecule is CC(C)Cc1cccc(COC(=O)N2C[C@H](Nc3cncc(C(F)(F)F)n3)[C@@H](O)[C@@H](O)C2)c1. The molecule has 1 saturated heterocycles. The number of piperidine rings is 1. The average molecular weight is 468 g/mol. The maximum atomic E-state index is 12.9. The number of β-amino-alcohol motifs (C(OH)–C–C–N with tert-alkyl or cyclic N) is 1. The van der Waals surface area contributed by atoms with Gasteiger partial charge < -0.3 is 25.2 Å². The Kier molecular flexibility index (Phi) is 7.75. The molecule has 0 aliphatic carbocycles. The van der Waals surface area contributed by atoms with Crippen molar-refractivity contribution in [3.8, 4) is 0 Å². The molecule has 180 valence electrons. The van der Waals surface area contributed by atoms with E-state index in [4.69, 9.17) is 4.74 Å². The van der Waals surface area contributed by atoms with Crippen molar-refractivity contribution in [3.63, 3.8) is 0 Å². The van der Waals surface area contributed by atoms with Gasteiger partial charge in [0.1, 0.15) is 18.5 Å². The van der Waals surface area contributed by atoms with E-state index in [2.05, 4.69) is 29.1 Å². The zero-order valence-corrected chi connectivity index (χ0v) is 18.3. The number of amides is 1. The van der Waals surface area contributed by atoms with Crippen molar-refractivity contribution in [1.82, 2.24) is 14.9 Å². The predicted molar refractivity (Wildman–Crippen MR) is 113 cm³/mol. The number of halogens is 3. The molecule has 8 nitrogen and oxygen atoms in total. The first kappa shape index (κ1) is 24.7. The van der Waals surface area contributed by atoms with E-state index in [0.717, 1.165) is 23.7 Å². The number of carbonyl (C=O) groups excluding carboxylic acids is 1. The van der Waals surface area contributed by atoms with Crippen LogP contribution in [0.25, 0.3) is 0 Å². The molecule has 33 heavy (non-hydrogen) atoms. The number of anilines is 1. The fourth-order valence-electron chi connectivity index (χ4n) is 3.62. The summed E-state index contributed by atoms with van der Waals surface area (Å²) in [6.07, 6.45) is -5.51.